The van der Waals surface area contributed by atoms with Crippen LogP contribution in [-0.4, -0.2) is 53.0 Å². The summed E-state index contributed by atoms with van der Waals surface area (Å²) >= 11 is 0. The van der Waals surface area contributed by atoms with Crippen molar-refractivity contribution in [2.45, 2.75) is 25.9 Å². The van der Waals surface area contributed by atoms with E-state index < -0.39 is 15.9 Å². The van der Waals surface area contributed by atoms with E-state index in [1.807, 2.05) is 6.92 Å². The zero-order valence-corrected chi connectivity index (χ0v) is 12.8. The highest BCUT2D eigenvalue weighted by Gasteiger charge is 2.23. The fourth-order valence-electron chi connectivity index (χ4n) is 1.64. The fourth-order valence-corrected chi connectivity index (χ4v) is 3.09. The Hall–Kier alpha value is -1.70. The molecule has 20 heavy (non-hydrogen) atoms. The van der Waals surface area contributed by atoms with Crippen LogP contribution in [0.25, 0.3) is 0 Å². The summed E-state index contributed by atoms with van der Waals surface area (Å²) in [6, 6.07) is -0.425. The molecule has 0 radical (unpaired) electrons. The van der Waals surface area contributed by atoms with E-state index in [0.717, 1.165) is 11.0 Å². The molecular weight excluding hydrogens is 280 g/mol. The molecule has 1 aromatic heterocycles. The lowest BCUT2D eigenvalue weighted by molar-refractivity contribution is 0.204. The van der Waals surface area contributed by atoms with Crippen LogP contribution < -0.4 is 0 Å². The van der Waals surface area contributed by atoms with E-state index in [9.17, 15) is 13.2 Å². The minimum atomic E-state index is -3.55. The summed E-state index contributed by atoms with van der Waals surface area (Å²) in [5.74, 6) is -0.0782. The minimum absolute atomic E-state index is 0.0319. The van der Waals surface area contributed by atoms with Crippen molar-refractivity contribution in [3.05, 3.63) is 19.0 Å². The molecule has 0 aliphatic carbocycles. The Labute approximate surface area is 119 Å². The highest BCUT2D eigenvalue weighted by atomic mass is 32.2. The Kier molecular flexibility index (Phi) is 5.43. The number of carbonyl (C=O) groups is 1. The molecule has 0 aliphatic rings. The SMILES string of the molecule is C=CCN(CC)C(=O)n1cnc(S(=O)(=O)CC(C)C)n1. The van der Waals surface area contributed by atoms with Gasteiger partial charge >= 0.3 is 6.03 Å². The second-order valence-corrected chi connectivity index (χ2v) is 6.68. The van der Waals surface area contributed by atoms with Crippen LogP contribution in [0, 0.1) is 5.92 Å². The number of hydrogen-bond acceptors (Lipinski definition) is 5. The summed E-state index contributed by atoms with van der Waals surface area (Å²) in [6.07, 6.45) is 2.72. The van der Waals surface area contributed by atoms with Crippen molar-refractivity contribution in [2.24, 2.45) is 5.92 Å². The zero-order chi connectivity index (χ0) is 15.3. The zero-order valence-electron chi connectivity index (χ0n) is 12.0. The third-order valence-electron chi connectivity index (χ3n) is 2.50. The highest BCUT2D eigenvalue weighted by molar-refractivity contribution is 7.91. The van der Waals surface area contributed by atoms with Crippen LogP contribution in [0.1, 0.15) is 20.8 Å². The second kappa shape index (κ2) is 6.65. The molecule has 0 fully saturated rings. The van der Waals surface area contributed by atoms with E-state index in [0.29, 0.717) is 13.1 Å². The number of sulfone groups is 1. The molecule has 0 bridgehead atoms. The first kappa shape index (κ1) is 16.4. The summed E-state index contributed by atoms with van der Waals surface area (Å²) in [7, 11) is -3.55. The fraction of sp³-hybridized carbons (Fsp3) is 0.583. The summed E-state index contributed by atoms with van der Waals surface area (Å²) < 4.78 is 24.9. The van der Waals surface area contributed by atoms with Crippen molar-refractivity contribution in [1.82, 2.24) is 19.7 Å². The van der Waals surface area contributed by atoms with Gasteiger partial charge in [0, 0.05) is 13.1 Å². The van der Waals surface area contributed by atoms with Gasteiger partial charge in [0.25, 0.3) is 5.16 Å². The summed E-state index contributed by atoms with van der Waals surface area (Å²) in [6.45, 7) is 9.80. The molecule has 0 N–H and O–H groups in total. The molecular formula is C12H20N4O3S. The third-order valence-corrected chi connectivity index (χ3v) is 4.35. The Morgan fingerprint density at radius 1 is 1.55 bits per heavy atom. The molecule has 1 aromatic rings. The number of hydrogen-bond donors (Lipinski definition) is 0. The van der Waals surface area contributed by atoms with Crippen molar-refractivity contribution < 1.29 is 13.2 Å². The Bertz CT molecular complexity index is 577. The van der Waals surface area contributed by atoms with Gasteiger partial charge in [0.1, 0.15) is 6.33 Å². The van der Waals surface area contributed by atoms with Gasteiger partial charge in [-0.1, -0.05) is 19.9 Å². The van der Waals surface area contributed by atoms with Crippen LogP contribution in [0.4, 0.5) is 4.79 Å². The monoisotopic (exact) mass is 300 g/mol. The first-order valence-corrected chi connectivity index (χ1v) is 8.01. The maximum Gasteiger partial charge on any atom is 0.346 e. The van der Waals surface area contributed by atoms with Crippen LogP contribution in [0.5, 0.6) is 0 Å². The van der Waals surface area contributed by atoms with Gasteiger partial charge in [0.05, 0.1) is 5.75 Å². The first-order valence-electron chi connectivity index (χ1n) is 6.36. The van der Waals surface area contributed by atoms with E-state index in [-0.39, 0.29) is 16.8 Å². The predicted octanol–water partition coefficient (Wildman–Crippen LogP) is 1.18. The maximum atomic E-state index is 12.1. The van der Waals surface area contributed by atoms with E-state index in [2.05, 4.69) is 16.7 Å². The van der Waals surface area contributed by atoms with Crippen molar-refractivity contribution in [3.63, 3.8) is 0 Å². The van der Waals surface area contributed by atoms with Gasteiger partial charge in [-0.2, -0.15) is 4.68 Å². The standard InChI is InChI=1S/C12H20N4O3S/c1-5-7-15(6-2)12(17)16-9-13-11(14-16)20(18,19)8-10(3)4/h5,9-10H,1,6-8H2,2-4H3. The molecule has 1 rings (SSSR count). The van der Waals surface area contributed by atoms with Crippen molar-refractivity contribution in [2.75, 3.05) is 18.8 Å². The second-order valence-electron chi connectivity index (χ2n) is 4.76. The number of rotatable bonds is 6. The normalized spacial score (nSPS) is 11.6. The van der Waals surface area contributed by atoms with E-state index in [1.165, 1.54) is 4.90 Å². The number of carbonyl (C=O) groups excluding carboxylic acids is 1. The third kappa shape index (κ3) is 3.89. The van der Waals surface area contributed by atoms with Crippen molar-refractivity contribution in [1.29, 1.82) is 0 Å². The molecule has 0 saturated heterocycles. The number of aromatic nitrogens is 3. The lowest BCUT2D eigenvalue weighted by atomic mass is 10.3. The van der Waals surface area contributed by atoms with E-state index in [1.54, 1.807) is 19.9 Å². The van der Waals surface area contributed by atoms with Gasteiger partial charge in [-0.3, -0.25) is 0 Å². The molecule has 0 spiro atoms. The Morgan fingerprint density at radius 3 is 2.70 bits per heavy atom. The van der Waals surface area contributed by atoms with E-state index >= 15 is 0 Å². The van der Waals surface area contributed by atoms with Crippen LogP contribution in [0.15, 0.2) is 24.1 Å². The number of nitrogens with zero attached hydrogens (tertiary/aromatic N) is 4. The number of likely N-dealkylation sites (N-methyl/N-ethyl adjacent to an activating group) is 1. The minimum Gasteiger partial charge on any atom is -0.319 e. The lowest BCUT2D eigenvalue weighted by Gasteiger charge is -2.17. The molecule has 1 amide bonds. The quantitative estimate of drug-likeness (QED) is 0.737. The van der Waals surface area contributed by atoms with Gasteiger partial charge < -0.3 is 4.90 Å². The Morgan fingerprint density at radius 2 is 2.20 bits per heavy atom. The summed E-state index contributed by atoms with van der Waals surface area (Å²) in [5.41, 5.74) is 0. The van der Waals surface area contributed by atoms with Crippen molar-refractivity contribution in [3.8, 4) is 0 Å². The molecule has 112 valence electrons. The van der Waals surface area contributed by atoms with Gasteiger partial charge in [0.15, 0.2) is 0 Å². The topological polar surface area (TPSA) is 85.2 Å². The average molecular weight is 300 g/mol. The Balaban J connectivity index is 2.97. The largest absolute Gasteiger partial charge is 0.346 e. The van der Waals surface area contributed by atoms with Crippen LogP contribution in [-0.2, 0) is 9.84 Å². The number of amides is 1. The van der Waals surface area contributed by atoms with Crippen molar-refractivity contribution >= 4 is 15.9 Å². The summed E-state index contributed by atoms with van der Waals surface area (Å²) in [4.78, 5) is 17.3. The smallest absolute Gasteiger partial charge is 0.319 e. The van der Waals surface area contributed by atoms with Crippen LogP contribution in [0.3, 0.4) is 0 Å². The molecule has 0 saturated carbocycles. The highest BCUT2D eigenvalue weighted by Crippen LogP contribution is 2.09. The lowest BCUT2D eigenvalue weighted by Crippen LogP contribution is -2.35. The summed E-state index contributed by atoms with van der Waals surface area (Å²) in [5, 5.41) is 3.47. The molecule has 0 aliphatic heterocycles. The first-order chi connectivity index (χ1) is 9.31. The molecule has 7 nitrogen and oxygen atoms in total. The van der Waals surface area contributed by atoms with Gasteiger partial charge in [-0.25, -0.2) is 18.2 Å². The predicted molar refractivity (Wildman–Crippen MR) is 75.2 cm³/mol. The molecule has 1 heterocycles. The van der Waals surface area contributed by atoms with Gasteiger partial charge in [-0.15, -0.1) is 11.7 Å². The average Bonchev–Trinajstić information content (AvgIpc) is 2.83. The molecule has 8 heteroatoms. The van der Waals surface area contributed by atoms with Crippen LogP contribution in [0.2, 0.25) is 0 Å². The molecule has 0 aromatic carbocycles. The van der Waals surface area contributed by atoms with Gasteiger partial charge in [-0.05, 0) is 12.8 Å². The molecule has 0 unspecified atom stereocenters. The van der Waals surface area contributed by atoms with Crippen LogP contribution >= 0.6 is 0 Å². The van der Waals surface area contributed by atoms with Gasteiger partial charge in [0.2, 0.25) is 9.84 Å². The van der Waals surface area contributed by atoms with E-state index in [4.69, 9.17) is 0 Å². The maximum absolute atomic E-state index is 12.1. The molecule has 0 atom stereocenters.